The normalized spacial score (nSPS) is 37.1. The number of piperidine rings is 1. The molecule has 2 saturated heterocycles. The lowest BCUT2D eigenvalue weighted by molar-refractivity contribution is -0.135. The van der Waals surface area contributed by atoms with Gasteiger partial charge in [-0.1, -0.05) is 24.3 Å². The third-order valence-electron chi connectivity index (χ3n) is 7.56. The largest absolute Gasteiger partial charge is 0.466 e. The molecule has 0 unspecified atom stereocenters. The summed E-state index contributed by atoms with van der Waals surface area (Å²) in [5.41, 5.74) is 4.95. The second kappa shape index (κ2) is 5.10. The molecule has 5 aliphatic rings. The van der Waals surface area contributed by atoms with E-state index in [1.807, 2.05) is 6.07 Å². The topological polar surface area (TPSA) is 49.9 Å². The molecule has 1 amide bonds. The molecule has 6 rings (SSSR count). The van der Waals surface area contributed by atoms with E-state index in [4.69, 9.17) is 4.74 Å². The van der Waals surface area contributed by atoms with E-state index in [1.54, 1.807) is 6.08 Å². The zero-order chi connectivity index (χ0) is 18.3. The van der Waals surface area contributed by atoms with Crippen LogP contribution in [0.1, 0.15) is 24.8 Å². The standard InChI is InChI=1S/C22H22N2O3/c1-27-20(26)10-13-12-23-9-8-22-16-4-2-3-5-17(16)24-19(25)7-6-14(21(22)24)15(13)11-18(22)23/h2-6,10,15,18,21H,7-9,11-12H2,1H3/b13-10-/t15-,18-,21-,22+/m0/s1. The predicted octanol–water partition coefficient (Wildman–Crippen LogP) is 2.18. The van der Waals surface area contributed by atoms with E-state index in [2.05, 4.69) is 34.1 Å². The Morgan fingerprint density at radius 3 is 3.04 bits per heavy atom. The van der Waals surface area contributed by atoms with Crippen LogP contribution in [0.3, 0.4) is 0 Å². The number of methoxy groups -OCH3 is 1. The van der Waals surface area contributed by atoms with E-state index in [0.29, 0.717) is 12.5 Å². The minimum absolute atomic E-state index is 0.00576. The second-order valence-corrected chi connectivity index (χ2v) is 8.40. The number of benzene rings is 1. The molecule has 138 valence electrons. The van der Waals surface area contributed by atoms with Gasteiger partial charge in [-0.05, 0) is 42.2 Å². The molecule has 27 heavy (non-hydrogen) atoms. The predicted molar refractivity (Wildman–Crippen MR) is 100 cm³/mol. The third kappa shape index (κ3) is 1.74. The van der Waals surface area contributed by atoms with Gasteiger partial charge in [0.1, 0.15) is 0 Å². The maximum atomic E-state index is 12.9. The van der Waals surface area contributed by atoms with Gasteiger partial charge in [0.2, 0.25) is 5.91 Å². The molecule has 1 aromatic carbocycles. The van der Waals surface area contributed by atoms with Crippen molar-refractivity contribution in [3.05, 3.63) is 53.1 Å². The lowest BCUT2D eigenvalue weighted by Gasteiger charge is -2.54. The summed E-state index contributed by atoms with van der Waals surface area (Å²) in [5, 5.41) is 0. The first-order valence-corrected chi connectivity index (χ1v) is 9.79. The van der Waals surface area contributed by atoms with Crippen LogP contribution in [0.15, 0.2) is 47.6 Å². The van der Waals surface area contributed by atoms with Crippen LogP contribution in [-0.2, 0) is 19.7 Å². The molecule has 0 radical (unpaired) electrons. The van der Waals surface area contributed by atoms with E-state index in [1.165, 1.54) is 18.2 Å². The lowest BCUT2D eigenvalue weighted by Crippen LogP contribution is -2.63. The monoisotopic (exact) mass is 362 g/mol. The van der Waals surface area contributed by atoms with Gasteiger partial charge in [-0.15, -0.1) is 0 Å². The summed E-state index contributed by atoms with van der Waals surface area (Å²) in [7, 11) is 1.43. The second-order valence-electron chi connectivity index (χ2n) is 8.40. The number of esters is 1. The molecule has 3 fully saturated rings. The molecule has 4 aliphatic heterocycles. The highest BCUT2D eigenvalue weighted by atomic mass is 16.5. The molecule has 1 saturated carbocycles. The van der Waals surface area contributed by atoms with Gasteiger partial charge in [0.25, 0.3) is 0 Å². The number of para-hydroxylation sites is 1. The summed E-state index contributed by atoms with van der Waals surface area (Å²) in [5.74, 6) is 0.162. The maximum Gasteiger partial charge on any atom is 0.330 e. The molecular formula is C22H22N2O3. The zero-order valence-corrected chi connectivity index (χ0v) is 15.4. The van der Waals surface area contributed by atoms with Crippen LogP contribution >= 0.6 is 0 Å². The molecule has 4 atom stereocenters. The van der Waals surface area contributed by atoms with E-state index < -0.39 is 0 Å². The number of hydrogen-bond donors (Lipinski definition) is 0. The van der Waals surface area contributed by atoms with Crippen molar-refractivity contribution < 1.29 is 14.3 Å². The van der Waals surface area contributed by atoms with Crippen molar-refractivity contribution in [2.75, 3.05) is 25.1 Å². The Morgan fingerprint density at radius 1 is 1.33 bits per heavy atom. The van der Waals surface area contributed by atoms with Gasteiger partial charge in [-0.25, -0.2) is 4.79 Å². The molecule has 5 nitrogen and oxygen atoms in total. The van der Waals surface area contributed by atoms with Gasteiger partial charge < -0.3 is 9.64 Å². The minimum Gasteiger partial charge on any atom is -0.466 e. The molecule has 1 aliphatic carbocycles. The highest BCUT2D eigenvalue weighted by Crippen LogP contribution is 2.63. The van der Waals surface area contributed by atoms with Crippen LogP contribution in [0.25, 0.3) is 0 Å². The molecule has 2 bridgehead atoms. The Balaban J connectivity index is 1.58. The quantitative estimate of drug-likeness (QED) is 0.437. The first-order chi connectivity index (χ1) is 13.1. The van der Waals surface area contributed by atoms with Crippen LogP contribution in [0, 0.1) is 5.92 Å². The molecule has 4 heterocycles. The van der Waals surface area contributed by atoms with Crippen molar-refractivity contribution in [2.24, 2.45) is 5.92 Å². The maximum absolute atomic E-state index is 12.9. The summed E-state index contributed by atoms with van der Waals surface area (Å²) in [4.78, 5) is 29.5. The Hall–Kier alpha value is -2.40. The first-order valence-electron chi connectivity index (χ1n) is 9.79. The number of hydrogen-bond acceptors (Lipinski definition) is 4. The molecule has 0 N–H and O–H groups in total. The average molecular weight is 362 g/mol. The number of ether oxygens (including phenoxy) is 1. The highest BCUT2D eigenvalue weighted by Gasteiger charge is 2.67. The smallest absolute Gasteiger partial charge is 0.330 e. The van der Waals surface area contributed by atoms with Gasteiger partial charge in [-0.2, -0.15) is 0 Å². The number of carbonyl (C=O) groups excluding carboxylic acids is 2. The lowest BCUT2D eigenvalue weighted by atomic mass is 9.57. The van der Waals surface area contributed by atoms with Crippen molar-refractivity contribution in [3.63, 3.8) is 0 Å². The van der Waals surface area contributed by atoms with Crippen molar-refractivity contribution >= 4 is 17.6 Å². The summed E-state index contributed by atoms with van der Waals surface area (Å²) in [6, 6.07) is 9.03. The molecule has 1 aromatic rings. The van der Waals surface area contributed by atoms with Crippen molar-refractivity contribution in [2.45, 2.75) is 36.8 Å². The van der Waals surface area contributed by atoms with Gasteiger partial charge in [0.05, 0.1) is 13.2 Å². The molecular weight excluding hydrogens is 340 g/mol. The fourth-order valence-corrected chi connectivity index (χ4v) is 6.65. The Bertz CT molecular complexity index is 949. The van der Waals surface area contributed by atoms with Crippen LogP contribution < -0.4 is 4.90 Å². The fourth-order valence-electron chi connectivity index (χ4n) is 6.65. The van der Waals surface area contributed by atoms with Crippen molar-refractivity contribution in [3.8, 4) is 0 Å². The van der Waals surface area contributed by atoms with E-state index >= 15 is 0 Å². The van der Waals surface area contributed by atoms with E-state index in [9.17, 15) is 9.59 Å². The molecule has 1 spiro atoms. The summed E-state index contributed by atoms with van der Waals surface area (Å²) < 4.78 is 4.91. The van der Waals surface area contributed by atoms with Crippen LogP contribution in [0.5, 0.6) is 0 Å². The number of rotatable bonds is 1. The van der Waals surface area contributed by atoms with Crippen LogP contribution in [0.4, 0.5) is 5.69 Å². The van der Waals surface area contributed by atoms with Gasteiger partial charge >= 0.3 is 5.97 Å². The first kappa shape index (κ1) is 15.6. The summed E-state index contributed by atoms with van der Waals surface area (Å²) in [6.45, 7) is 1.84. The fraction of sp³-hybridized carbons (Fsp3) is 0.455. The highest BCUT2D eigenvalue weighted by molar-refractivity contribution is 6.01. The minimum atomic E-state index is -0.279. The zero-order valence-electron chi connectivity index (χ0n) is 15.4. The summed E-state index contributed by atoms with van der Waals surface area (Å²) in [6.07, 6.45) is 6.40. The van der Waals surface area contributed by atoms with E-state index in [0.717, 1.165) is 37.2 Å². The Kier molecular flexibility index (Phi) is 2.96. The van der Waals surface area contributed by atoms with Gasteiger partial charge in [0.15, 0.2) is 0 Å². The summed E-state index contributed by atoms with van der Waals surface area (Å²) >= 11 is 0. The number of anilines is 1. The third-order valence-corrected chi connectivity index (χ3v) is 7.56. The SMILES string of the molecule is COC(=O)/C=C1/CN2CC[C@@]34c5ccccc5N5C(=O)CC=C([C@H]1C[C@H]23)[C@H]54. The molecule has 0 aromatic heterocycles. The van der Waals surface area contributed by atoms with Crippen LogP contribution in [-0.4, -0.2) is 49.1 Å². The van der Waals surface area contributed by atoms with Gasteiger partial charge in [0, 0.05) is 42.1 Å². The van der Waals surface area contributed by atoms with Crippen molar-refractivity contribution in [1.82, 2.24) is 4.90 Å². The number of amides is 1. The Morgan fingerprint density at radius 2 is 2.19 bits per heavy atom. The number of carbonyl (C=O) groups is 2. The Labute approximate surface area is 158 Å². The average Bonchev–Trinajstić information content (AvgIpc) is 3.22. The van der Waals surface area contributed by atoms with Gasteiger partial charge in [-0.3, -0.25) is 9.69 Å². The number of nitrogens with zero attached hydrogens (tertiary/aromatic N) is 2. The van der Waals surface area contributed by atoms with Crippen LogP contribution in [0.2, 0.25) is 0 Å². The van der Waals surface area contributed by atoms with Crippen molar-refractivity contribution in [1.29, 1.82) is 0 Å². The number of fused-ring (bicyclic) bond motifs is 4. The van der Waals surface area contributed by atoms with E-state index in [-0.39, 0.29) is 29.3 Å². The molecule has 5 heteroatoms.